The van der Waals surface area contributed by atoms with E-state index in [0.717, 1.165) is 6.42 Å². The van der Waals surface area contributed by atoms with Crippen LogP contribution >= 0.6 is 15.9 Å². The van der Waals surface area contributed by atoms with Crippen molar-refractivity contribution >= 4 is 27.7 Å². The van der Waals surface area contributed by atoms with Crippen molar-refractivity contribution in [2.75, 3.05) is 6.61 Å². The number of imidazole rings is 1. The summed E-state index contributed by atoms with van der Waals surface area (Å²) in [6, 6.07) is 4.84. The Kier molecular flexibility index (Phi) is 4.74. The molecule has 0 bridgehead atoms. The monoisotopic (exact) mass is 352 g/mol. The fourth-order valence-corrected chi connectivity index (χ4v) is 2.23. The van der Waals surface area contributed by atoms with Crippen molar-refractivity contribution in [3.05, 3.63) is 46.0 Å². The minimum absolute atomic E-state index is 0.114. The summed E-state index contributed by atoms with van der Waals surface area (Å²) in [6.45, 7) is 2.57. The van der Waals surface area contributed by atoms with E-state index in [1.54, 1.807) is 18.2 Å². The SMILES string of the molecule is CCCOc1ccc(C(=O)c2nc[nH]c2C(=O)O)cc1Br. The van der Waals surface area contributed by atoms with Gasteiger partial charge in [0, 0.05) is 5.56 Å². The Morgan fingerprint density at radius 3 is 2.81 bits per heavy atom. The molecule has 6 nitrogen and oxygen atoms in total. The van der Waals surface area contributed by atoms with E-state index >= 15 is 0 Å². The van der Waals surface area contributed by atoms with Crippen LogP contribution in [-0.2, 0) is 0 Å². The molecule has 2 rings (SSSR count). The smallest absolute Gasteiger partial charge is 0.354 e. The number of aromatic carboxylic acids is 1. The number of hydrogen-bond donors (Lipinski definition) is 2. The maximum absolute atomic E-state index is 12.3. The van der Waals surface area contributed by atoms with Crippen LogP contribution in [0.1, 0.15) is 39.9 Å². The molecule has 2 aromatic rings. The molecule has 0 saturated carbocycles. The van der Waals surface area contributed by atoms with E-state index in [1.165, 1.54) is 6.33 Å². The third-order valence-electron chi connectivity index (χ3n) is 2.72. The van der Waals surface area contributed by atoms with Crippen LogP contribution in [0.3, 0.4) is 0 Å². The lowest BCUT2D eigenvalue weighted by Crippen LogP contribution is -2.09. The second-order valence-corrected chi connectivity index (χ2v) is 5.11. The number of hydrogen-bond acceptors (Lipinski definition) is 4. The number of carboxylic acid groups (broad SMARTS) is 1. The number of aromatic amines is 1. The maximum atomic E-state index is 12.3. The van der Waals surface area contributed by atoms with Gasteiger partial charge in [0.25, 0.3) is 0 Å². The summed E-state index contributed by atoms with van der Waals surface area (Å²) in [7, 11) is 0. The number of halogens is 1. The van der Waals surface area contributed by atoms with Crippen molar-refractivity contribution in [2.45, 2.75) is 13.3 Å². The third-order valence-corrected chi connectivity index (χ3v) is 3.34. The molecule has 0 aliphatic carbocycles. The fourth-order valence-electron chi connectivity index (χ4n) is 1.74. The van der Waals surface area contributed by atoms with Crippen LogP contribution in [0.15, 0.2) is 29.0 Å². The first-order chi connectivity index (χ1) is 10.0. The molecule has 2 N–H and O–H groups in total. The van der Waals surface area contributed by atoms with Gasteiger partial charge in [-0.15, -0.1) is 0 Å². The van der Waals surface area contributed by atoms with Crippen molar-refractivity contribution in [1.29, 1.82) is 0 Å². The quantitative estimate of drug-likeness (QED) is 0.779. The van der Waals surface area contributed by atoms with Crippen LogP contribution in [0.5, 0.6) is 5.75 Å². The van der Waals surface area contributed by atoms with Crippen molar-refractivity contribution in [3.8, 4) is 5.75 Å². The lowest BCUT2D eigenvalue weighted by atomic mass is 10.1. The van der Waals surface area contributed by atoms with Gasteiger partial charge in [-0.3, -0.25) is 4.79 Å². The number of carbonyl (C=O) groups is 2. The topological polar surface area (TPSA) is 92.3 Å². The molecule has 1 heterocycles. The van der Waals surface area contributed by atoms with E-state index in [-0.39, 0.29) is 11.4 Å². The average Bonchev–Trinajstić information content (AvgIpc) is 2.94. The predicted octanol–water partition coefficient (Wildman–Crippen LogP) is 2.89. The molecule has 0 amide bonds. The second-order valence-electron chi connectivity index (χ2n) is 4.25. The number of H-pyrrole nitrogens is 1. The zero-order valence-electron chi connectivity index (χ0n) is 11.2. The normalized spacial score (nSPS) is 10.4. The highest BCUT2D eigenvalue weighted by Gasteiger charge is 2.21. The van der Waals surface area contributed by atoms with Crippen LogP contribution in [0.4, 0.5) is 0 Å². The first-order valence-electron chi connectivity index (χ1n) is 6.28. The summed E-state index contributed by atoms with van der Waals surface area (Å²) < 4.78 is 6.13. The van der Waals surface area contributed by atoms with E-state index in [9.17, 15) is 9.59 Å². The van der Waals surface area contributed by atoms with Crippen LogP contribution in [0, 0.1) is 0 Å². The number of ether oxygens (including phenoxy) is 1. The predicted molar refractivity (Wildman–Crippen MR) is 78.9 cm³/mol. The van der Waals surface area contributed by atoms with E-state index in [2.05, 4.69) is 25.9 Å². The summed E-state index contributed by atoms with van der Waals surface area (Å²) in [6.07, 6.45) is 2.06. The van der Waals surface area contributed by atoms with Gasteiger partial charge in [-0.05, 0) is 40.5 Å². The fraction of sp³-hybridized carbons (Fsp3) is 0.214. The highest BCUT2D eigenvalue weighted by atomic mass is 79.9. The number of benzene rings is 1. The Morgan fingerprint density at radius 2 is 2.19 bits per heavy atom. The number of rotatable bonds is 6. The first kappa shape index (κ1) is 15.2. The number of nitrogens with zero attached hydrogens (tertiary/aromatic N) is 1. The van der Waals surface area contributed by atoms with Gasteiger partial charge in [0.05, 0.1) is 17.4 Å². The van der Waals surface area contributed by atoms with Crippen molar-refractivity contribution in [2.24, 2.45) is 0 Å². The molecule has 0 aliphatic heterocycles. The molecule has 0 radical (unpaired) electrons. The summed E-state index contributed by atoms with van der Waals surface area (Å²) in [4.78, 5) is 29.5. The zero-order valence-corrected chi connectivity index (χ0v) is 12.8. The molecule has 0 fully saturated rings. The van der Waals surface area contributed by atoms with E-state index in [1.807, 2.05) is 6.92 Å². The van der Waals surface area contributed by atoms with Gasteiger partial charge < -0.3 is 14.8 Å². The van der Waals surface area contributed by atoms with Gasteiger partial charge in [-0.25, -0.2) is 9.78 Å². The van der Waals surface area contributed by atoms with E-state index in [4.69, 9.17) is 9.84 Å². The minimum Gasteiger partial charge on any atom is -0.492 e. The molecule has 0 spiro atoms. The third kappa shape index (κ3) is 3.30. The number of ketones is 1. The number of carbonyl (C=O) groups excluding carboxylic acids is 1. The Hall–Kier alpha value is -2.15. The number of aromatic nitrogens is 2. The van der Waals surface area contributed by atoms with Gasteiger partial charge in [0.2, 0.25) is 5.78 Å². The van der Waals surface area contributed by atoms with Gasteiger partial charge in [0.15, 0.2) is 5.69 Å². The second kappa shape index (κ2) is 6.53. The molecule has 1 aromatic carbocycles. The minimum atomic E-state index is -1.22. The van der Waals surface area contributed by atoms with E-state index < -0.39 is 11.8 Å². The zero-order chi connectivity index (χ0) is 15.4. The molecule has 0 saturated heterocycles. The van der Waals surface area contributed by atoms with Crippen LogP contribution in [0.2, 0.25) is 0 Å². The van der Waals surface area contributed by atoms with Gasteiger partial charge in [-0.2, -0.15) is 0 Å². The van der Waals surface area contributed by atoms with Crippen LogP contribution < -0.4 is 4.74 Å². The summed E-state index contributed by atoms with van der Waals surface area (Å²) in [5, 5.41) is 8.99. The van der Waals surface area contributed by atoms with Gasteiger partial charge >= 0.3 is 5.97 Å². The largest absolute Gasteiger partial charge is 0.492 e. The molecular formula is C14H13BrN2O4. The van der Waals surface area contributed by atoms with Gasteiger partial charge in [-0.1, -0.05) is 6.92 Å². The lowest BCUT2D eigenvalue weighted by Gasteiger charge is -2.08. The van der Waals surface area contributed by atoms with Gasteiger partial charge in [0.1, 0.15) is 11.4 Å². The summed E-state index contributed by atoms with van der Waals surface area (Å²) >= 11 is 3.33. The summed E-state index contributed by atoms with van der Waals surface area (Å²) in [5.41, 5.74) is -0.000572. The number of nitrogens with one attached hydrogen (secondary N) is 1. The number of carboxylic acids is 1. The average molecular weight is 353 g/mol. The molecule has 7 heteroatoms. The molecule has 21 heavy (non-hydrogen) atoms. The Morgan fingerprint density at radius 1 is 1.43 bits per heavy atom. The lowest BCUT2D eigenvalue weighted by molar-refractivity contribution is 0.0687. The van der Waals surface area contributed by atoms with Crippen LogP contribution in [0.25, 0.3) is 0 Å². The Labute approximate surface area is 129 Å². The molecule has 0 atom stereocenters. The Balaban J connectivity index is 2.29. The van der Waals surface area contributed by atoms with E-state index in [0.29, 0.717) is 22.4 Å². The molecule has 110 valence electrons. The van der Waals surface area contributed by atoms with Crippen LogP contribution in [-0.4, -0.2) is 33.4 Å². The van der Waals surface area contributed by atoms with Crippen molar-refractivity contribution < 1.29 is 19.4 Å². The molecule has 1 aromatic heterocycles. The summed E-state index contributed by atoms with van der Waals surface area (Å²) in [5.74, 6) is -1.05. The highest BCUT2D eigenvalue weighted by molar-refractivity contribution is 9.10. The Bertz CT molecular complexity index is 681. The van der Waals surface area contributed by atoms with Crippen molar-refractivity contribution in [3.63, 3.8) is 0 Å². The maximum Gasteiger partial charge on any atom is 0.354 e. The first-order valence-corrected chi connectivity index (χ1v) is 7.07. The molecule has 0 aliphatic rings. The standard InChI is InChI=1S/C14H13BrN2O4/c1-2-5-21-10-4-3-8(6-9(10)15)13(18)11-12(14(19)20)17-7-16-11/h3-4,6-7H,2,5H2,1H3,(H,16,17)(H,19,20). The van der Waals surface area contributed by atoms with Crippen molar-refractivity contribution in [1.82, 2.24) is 9.97 Å². The molecular weight excluding hydrogens is 340 g/mol. The molecule has 0 unspecified atom stereocenters. The highest BCUT2D eigenvalue weighted by Crippen LogP contribution is 2.27.